The maximum atomic E-state index is 15.3. The Morgan fingerprint density at radius 2 is 2.04 bits per heavy atom. The highest BCUT2D eigenvalue weighted by atomic mass is 32.1. The van der Waals surface area contributed by atoms with E-state index < -0.39 is 40.9 Å². The van der Waals surface area contributed by atoms with Crippen molar-refractivity contribution in [1.29, 1.82) is 5.26 Å². The number of nitrogens with one attached hydrogen (secondary N) is 3. The number of nitrogens with zero attached hydrogens (tertiary/aromatic N) is 4. The molecule has 3 unspecified atom stereocenters. The average Bonchev–Trinajstić information content (AvgIpc) is 3.72. The van der Waals surface area contributed by atoms with Gasteiger partial charge in [0.15, 0.2) is 6.10 Å². The Hall–Kier alpha value is -4.25. The van der Waals surface area contributed by atoms with Crippen molar-refractivity contribution >= 4 is 17.4 Å². The molecule has 10 nitrogen and oxygen atoms in total. The number of hydrogen-bond donors (Lipinski definition) is 4. The minimum atomic E-state index is -1.97. The molecule has 0 spiro atoms. The summed E-state index contributed by atoms with van der Waals surface area (Å²) in [4.78, 5) is 21.9. The van der Waals surface area contributed by atoms with Gasteiger partial charge in [0.2, 0.25) is 0 Å². The number of carbonyl (C=O) groups is 1. The monoisotopic (exact) mass is 650 g/mol. The first-order valence-electron chi connectivity index (χ1n) is 15.2. The van der Waals surface area contributed by atoms with Crippen LogP contribution in [0.1, 0.15) is 80.4 Å². The second kappa shape index (κ2) is 13.6. The van der Waals surface area contributed by atoms with Gasteiger partial charge in [-0.05, 0) is 69.1 Å². The van der Waals surface area contributed by atoms with Crippen LogP contribution in [-0.4, -0.2) is 44.9 Å². The van der Waals surface area contributed by atoms with E-state index >= 15 is 4.39 Å². The molecule has 0 radical (unpaired) electrons. The molecule has 2 heterocycles. The quantitative estimate of drug-likeness (QED) is 0.169. The zero-order valence-corrected chi connectivity index (χ0v) is 27.0. The molecule has 1 aliphatic carbocycles. The van der Waals surface area contributed by atoms with E-state index in [1.807, 2.05) is 19.4 Å². The summed E-state index contributed by atoms with van der Waals surface area (Å²) in [5.74, 6) is -1.96. The standard InChI is InChI=1S/C33H37F2N7O3S/c1-20(30-39-27(17-46-30)23-10-8-22(16-36)9-11-23)33(44,25-15-24(34)12-13-26(25)35)18-42-19-38-29(41-42)21(2)45-31(43)40-32(3)14-6-5-7-28(32)37-4/h8-13,15,17,19-21,28,37,44H,5-7,14,18H2,1-4H3,(H,40,43)/p+1/t20-,21?,28?,32?,33+/m0/s1. The first-order chi connectivity index (χ1) is 22.0. The van der Waals surface area contributed by atoms with Gasteiger partial charge in [-0.15, -0.1) is 11.3 Å². The van der Waals surface area contributed by atoms with Crippen molar-refractivity contribution in [2.75, 3.05) is 7.05 Å². The third-order valence-corrected chi connectivity index (χ3v) is 9.96. The molecule has 1 saturated carbocycles. The van der Waals surface area contributed by atoms with E-state index in [2.05, 4.69) is 26.8 Å². The van der Waals surface area contributed by atoms with Crippen molar-refractivity contribution < 1.29 is 28.1 Å². The molecule has 4 N–H and O–H groups in total. The van der Waals surface area contributed by atoms with Gasteiger partial charge in [0.1, 0.15) is 23.8 Å². The van der Waals surface area contributed by atoms with Crippen LogP contribution in [-0.2, 0) is 16.9 Å². The maximum Gasteiger partial charge on any atom is 0.408 e. The zero-order chi connectivity index (χ0) is 33.1. The summed E-state index contributed by atoms with van der Waals surface area (Å²) >= 11 is 1.28. The number of H-pyrrole nitrogens is 1. The third-order valence-electron chi connectivity index (χ3n) is 8.93. The Kier molecular flexibility index (Phi) is 9.81. The average molecular weight is 651 g/mol. The molecular weight excluding hydrogens is 612 g/mol. The molecule has 2 aromatic carbocycles. The minimum absolute atomic E-state index is 0.121. The Bertz CT molecular complexity index is 1720. The van der Waals surface area contributed by atoms with Crippen LogP contribution in [0.4, 0.5) is 13.6 Å². The fraction of sp³-hybridized carbons (Fsp3) is 0.424. The smallest absolute Gasteiger partial charge is 0.408 e. The van der Waals surface area contributed by atoms with E-state index in [-0.39, 0.29) is 18.2 Å². The molecule has 4 aromatic rings. The highest BCUT2D eigenvalue weighted by Gasteiger charge is 2.44. The SMILES string of the molecule is CNC1CCCCC1(C)NC(=O)OC(C)c1nc[n+](C[C@](O)(c2cc(F)ccc2F)[C@@H](C)c2nc(-c3ccc(C#N)cc3)cs2)[nH]1. The largest absolute Gasteiger partial charge is 0.436 e. The van der Waals surface area contributed by atoms with Crippen LogP contribution in [0.5, 0.6) is 0 Å². The molecule has 0 bridgehead atoms. The fourth-order valence-electron chi connectivity index (χ4n) is 6.12. The second-order valence-electron chi connectivity index (χ2n) is 12.1. The number of benzene rings is 2. The highest BCUT2D eigenvalue weighted by molar-refractivity contribution is 7.10. The first-order valence-corrected chi connectivity index (χ1v) is 16.1. The summed E-state index contributed by atoms with van der Waals surface area (Å²) in [5, 5.41) is 33.0. The van der Waals surface area contributed by atoms with Crippen molar-refractivity contribution in [1.82, 2.24) is 25.7 Å². The molecule has 1 amide bonds. The minimum Gasteiger partial charge on any atom is -0.436 e. The van der Waals surface area contributed by atoms with Crippen LogP contribution in [0.2, 0.25) is 0 Å². The Balaban J connectivity index is 1.37. The molecular formula is C33H38F2N7O3S+. The molecule has 5 rings (SSSR count). The van der Waals surface area contributed by atoms with Crippen LogP contribution in [0.15, 0.2) is 54.2 Å². The fourth-order valence-corrected chi connectivity index (χ4v) is 7.09. The maximum absolute atomic E-state index is 15.3. The Morgan fingerprint density at radius 3 is 2.76 bits per heavy atom. The Labute approximate surface area is 270 Å². The van der Waals surface area contributed by atoms with E-state index in [0.717, 1.165) is 49.4 Å². The van der Waals surface area contributed by atoms with Gasteiger partial charge < -0.3 is 20.5 Å². The number of carbonyl (C=O) groups excluding carboxylic acids is 1. The number of aromatic amines is 1. The predicted octanol–water partition coefficient (Wildman–Crippen LogP) is 5.37. The first kappa shape index (κ1) is 33.1. The number of nitriles is 1. The van der Waals surface area contributed by atoms with Crippen LogP contribution in [0.3, 0.4) is 0 Å². The summed E-state index contributed by atoms with van der Waals surface area (Å²) in [6.07, 6.45) is 3.93. The van der Waals surface area contributed by atoms with E-state index in [0.29, 0.717) is 22.1 Å². The number of hydrogen-bond acceptors (Lipinski definition) is 8. The number of halogens is 2. The summed E-state index contributed by atoms with van der Waals surface area (Å²) in [5.41, 5.74) is -0.742. The number of aliphatic hydroxyl groups is 1. The van der Waals surface area contributed by atoms with Crippen LogP contribution in [0, 0.1) is 23.0 Å². The zero-order valence-electron chi connectivity index (χ0n) is 26.2. The van der Waals surface area contributed by atoms with Gasteiger partial charge >= 0.3 is 12.4 Å². The summed E-state index contributed by atoms with van der Waals surface area (Å²) in [6.45, 7) is 5.13. The molecule has 0 aliphatic heterocycles. The van der Waals surface area contributed by atoms with Crippen molar-refractivity contribution in [3.63, 3.8) is 0 Å². The van der Waals surface area contributed by atoms with Gasteiger partial charge in [0, 0.05) is 28.5 Å². The summed E-state index contributed by atoms with van der Waals surface area (Å²) < 4.78 is 36.8. The highest BCUT2D eigenvalue weighted by Crippen LogP contribution is 2.41. The molecule has 0 saturated heterocycles. The van der Waals surface area contributed by atoms with E-state index in [1.54, 1.807) is 38.1 Å². The second-order valence-corrected chi connectivity index (χ2v) is 13.0. The number of amides is 1. The summed E-state index contributed by atoms with van der Waals surface area (Å²) in [7, 11) is 1.88. The molecule has 1 fully saturated rings. The molecule has 242 valence electrons. The lowest BCUT2D eigenvalue weighted by Gasteiger charge is -2.41. The van der Waals surface area contributed by atoms with E-state index in [1.165, 1.54) is 22.3 Å². The number of likely N-dealkylation sites (N-methyl/N-ethyl adjacent to an activating group) is 1. The van der Waals surface area contributed by atoms with Crippen LogP contribution < -0.4 is 15.3 Å². The van der Waals surface area contributed by atoms with Crippen LogP contribution in [0.25, 0.3) is 11.3 Å². The number of rotatable bonds is 10. The van der Waals surface area contributed by atoms with E-state index in [9.17, 15) is 14.3 Å². The molecule has 1 aliphatic rings. The van der Waals surface area contributed by atoms with E-state index in [4.69, 9.17) is 15.0 Å². The number of aromatic nitrogens is 4. The van der Waals surface area contributed by atoms with Gasteiger partial charge in [-0.2, -0.15) is 15.0 Å². The molecule has 13 heteroatoms. The Morgan fingerprint density at radius 1 is 1.28 bits per heavy atom. The number of alkyl carbamates (subject to hydrolysis) is 1. The van der Waals surface area contributed by atoms with Crippen molar-refractivity contribution in [3.05, 3.63) is 87.8 Å². The topological polar surface area (TPSA) is 140 Å². The number of thiazole rings is 1. The lowest BCUT2D eigenvalue weighted by Crippen LogP contribution is -2.60. The normalized spacial score (nSPS) is 20.7. The predicted molar refractivity (Wildman–Crippen MR) is 167 cm³/mol. The lowest BCUT2D eigenvalue weighted by atomic mass is 9.79. The third kappa shape index (κ3) is 6.94. The summed E-state index contributed by atoms with van der Waals surface area (Å²) in [6, 6.07) is 12.1. The van der Waals surface area contributed by atoms with Gasteiger partial charge in [0.05, 0.1) is 27.9 Å². The number of ether oxygens (including phenoxy) is 1. The molecule has 2 aromatic heterocycles. The van der Waals surface area contributed by atoms with Crippen molar-refractivity contribution in [2.45, 2.75) is 82.2 Å². The lowest BCUT2D eigenvalue weighted by molar-refractivity contribution is -0.765. The molecule has 46 heavy (non-hydrogen) atoms. The van der Waals surface area contributed by atoms with Gasteiger partial charge in [0.25, 0.3) is 5.82 Å². The van der Waals surface area contributed by atoms with Crippen molar-refractivity contribution in [2.24, 2.45) is 0 Å². The van der Waals surface area contributed by atoms with Gasteiger partial charge in [-0.3, -0.25) is 0 Å². The van der Waals surface area contributed by atoms with Crippen molar-refractivity contribution in [3.8, 4) is 17.3 Å². The molecule has 5 atom stereocenters. The van der Waals surface area contributed by atoms with Crippen LogP contribution >= 0.6 is 11.3 Å². The van der Waals surface area contributed by atoms with Gasteiger partial charge in [-0.25, -0.2) is 18.6 Å². The van der Waals surface area contributed by atoms with Gasteiger partial charge in [-0.1, -0.05) is 31.9 Å².